The first kappa shape index (κ1) is 15.5. The average Bonchev–Trinajstić information content (AvgIpc) is 2.48. The van der Waals surface area contributed by atoms with Crippen LogP contribution in [0.2, 0.25) is 0 Å². The molecule has 0 aliphatic carbocycles. The number of aryl methyl sites for hydroxylation is 1. The minimum absolute atomic E-state index is 0.575. The van der Waals surface area contributed by atoms with Crippen molar-refractivity contribution in [1.82, 2.24) is 10.3 Å². The van der Waals surface area contributed by atoms with Crippen molar-refractivity contribution in [2.75, 3.05) is 13.7 Å². The maximum Gasteiger partial charge on any atom is 0.222 e. The highest BCUT2D eigenvalue weighted by Gasteiger charge is 2.05. The lowest BCUT2D eigenvalue weighted by atomic mass is 10.2. The fourth-order valence-electron chi connectivity index (χ4n) is 2.07. The van der Waals surface area contributed by atoms with Crippen LogP contribution in [0.3, 0.4) is 0 Å². The first-order valence-corrected chi connectivity index (χ1v) is 7.15. The summed E-state index contributed by atoms with van der Waals surface area (Å²) in [5, 5.41) is 3.29. The number of pyridine rings is 1. The van der Waals surface area contributed by atoms with Crippen LogP contribution in [0.15, 0.2) is 36.5 Å². The summed E-state index contributed by atoms with van der Waals surface area (Å²) < 4.78 is 11.0. The fraction of sp³-hybridized carbons (Fsp3) is 0.353. The van der Waals surface area contributed by atoms with E-state index in [-0.39, 0.29) is 0 Å². The van der Waals surface area contributed by atoms with Gasteiger partial charge in [-0.1, -0.05) is 19.1 Å². The summed E-state index contributed by atoms with van der Waals surface area (Å²) in [5.74, 6) is 1.42. The molecular formula is C17H22N2O2. The Morgan fingerprint density at radius 3 is 2.76 bits per heavy atom. The van der Waals surface area contributed by atoms with Crippen LogP contribution in [0, 0.1) is 6.92 Å². The lowest BCUT2D eigenvalue weighted by Gasteiger charge is -2.10. The average molecular weight is 286 g/mol. The molecule has 1 aromatic heterocycles. The molecule has 0 spiro atoms. The second-order valence-corrected chi connectivity index (χ2v) is 4.93. The first-order chi connectivity index (χ1) is 10.2. The van der Waals surface area contributed by atoms with Gasteiger partial charge in [-0.3, -0.25) is 0 Å². The lowest BCUT2D eigenvalue weighted by Crippen LogP contribution is -2.12. The van der Waals surface area contributed by atoms with Gasteiger partial charge in [-0.2, -0.15) is 0 Å². The molecule has 0 saturated carbocycles. The van der Waals surface area contributed by atoms with E-state index in [0.29, 0.717) is 12.5 Å². The van der Waals surface area contributed by atoms with Crippen molar-refractivity contribution in [3.8, 4) is 11.6 Å². The minimum Gasteiger partial charge on any atom is -0.439 e. The van der Waals surface area contributed by atoms with E-state index < -0.39 is 0 Å². The smallest absolute Gasteiger partial charge is 0.222 e. The summed E-state index contributed by atoms with van der Waals surface area (Å²) in [6.45, 7) is 6.45. The van der Waals surface area contributed by atoms with Gasteiger partial charge in [0, 0.05) is 25.4 Å². The molecule has 2 aromatic rings. The first-order valence-electron chi connectivity index (χ1n) is 7.15. The Hall–Kier alpha value is -1.91. The third-order valence-corrected chi connectivity index (χ3v) is 3.09. The Balaban J connectivity index is 2.10. The molecule has 0 fully saturated rings. The number of nitrogens with zero attached hydrogens (tertiary/aromatic N) is 1. The van der Waals surface area contributed by atoms with E-state index in [1.54, 1.807) is 7.11 Å². The van der Waals surface area contributed by atoms with Crippen molar-refractivity contribution in [3.05, 3.63) is 53.2 Å². The van der Waals surface area contributed by atoms with Crippen LogP contribution in [0.4, 0.5) is 0 Å². The maximum atomic E-state index is 5.87. The predicted octanol–water partition coefficient (Wildman–Crippen LogP) is 3.44. The van der Waals surface area contributed by atoms with Crippen molar-refractivity contribution in [2.45, 2.75) is 27.0 Å². The van der Waals surface area contributed by atoms with E-state index in [4.69, 9.17) is 9.47 Å². The van der Waals surface area contributed by atoms with E-state index in [0.717, 1.165) is 35.5 Å². The predicted molar refractivity (Wildman–Crippen MR) is 83.6 cm³/mol. The van der Waals surface area contributed by atoms with Gasteiger partial charge in [0.2, 0.25) is 5.88 Å². The van der Waals surface area contributed by atoms with Gasteiger partial charge in [0.15, 0.2) is 0 Å². The lowest BCUT2D eigenvalue weighted by molar-refractivity contribution is 0.184. The quantitative estimate of drug-likeness (QED) is 0.846. The number of methoxy groups -OCH3 is 1. The summed E-state index contributed by atoms with van der Waals surface area (Å²) in [7, 11) is 1.68. The Bertz CT molecular complexity index is 585. The van der Waals surface area contributed by atoms with Gasteiger partial charge in [-0.05, 0) is 42.8 Å². The van der Waals surface area contributed by atoms with Gasteiger partial charge in [0.25, 0.3) is 0 Å². The summed E-state index contributed by atoms with van der Waals surface area (Å²) in [4.78, 5) is 4.41. The molecule has 21 heavy (non-hydrogen) atoms. The SMILES string of the molecule is CCNCc1cnc(Oc2cccc(COC)c2)c(C)c1. The van der Waals surface area contributed by atoms with Gasteiger partial charge in [0.1, 0.15) is 5.75 Å². The molecule has 2 rings (SSSR count). The molecular weight excluding hydrogens is 264 g/mol. The van der Waals surface area contributed by atoms with Gasteiger partial charge >= 0.3 is 0 Å². The maximum absolute atomic E-state index is 5.87. The second-order valence-electron chi connectivity index (χ2n) is 4.93. The van der Waals surface area contributed by atoms with Crippen LogP contribution in [-0.2, 0) is 17.9 Å². The van der Waals surface area contributed by atoms with Crippen LogP contribution in [0.1, 0.15) is 23.6 Å². The Labute approximate surface area is 126 Å². The third-order valence-electron chi connectivity index (χ3n) is 3.09. The normalized spacial score (nSPS) is 10.6. The van der Waals surface area contributed by atoms with Gasteiger partial charge in [0.05, 0.1) is 6.61 Å². The number of hydrogen-bond acceptors (Lipinski definition) is 4. The summed E-state index contributed by atoms with van der Waals surface area (Å²) in [6.07, 6.45) is 1.85. The van der Waals surface area contributed by atoms with Crippen LogP contribution in [-0.4, -0.2) is 18.6 Å². The monoisotopic (exact) mass is 286 g/mol. The summed E-state index contributed by atoms with van der Waals surface area (Å²) >= 11 is 0. The van der Waals surface area contributed by atoms with Crippen molar-refractivity contribution < 1.29 is 9.47 Å². The minimum atomic E-state index is 0.575. The largest absolute Gasteiger partial charge is 0.439 e. The van der Waals surface area contributed by atoms with Gasteiger partial charge in [-0.15, -0.1) is 0 Å². The topological polar surface area (TPSA) is 43.4 Å². The highest BCUT2D eigenvalue weighted by Crippen LogP contribution is 2.24. The van der Waals surface area contributed by atoms with Crippen molar-refractivity contribution in [1.29, 1.82) is 0 Å². The third kappa shape index (κ3) is 4.55. The van der Waals surface area contributed by atoms with Gasteiger partial charge in [-0.25, -0.2) is 4.98 Å². The number of aromatic nitrogens is 1. The fourth-order valence-corrected chi connectivity index (χ4v) is 2.07. The Kier molecular flexibility index (Phi) is 5.72. The molecule has 0 aliphatic heterocycles. The highest BCUT2D eigenvalue weighted by atomic mass is 16.5. The Morgan fingerprint density at radius 1 is 1.19 bits per heavy atom. The van der Waals surface area contributed by atoms with Crippen LogP contribution >= 0.6 is 0 Å². The highest BCUT2D eigenvalue weighted by molar-refractivity contribution is 5.35. The zero-order chi connectivity index (χ0) is 15.1. The molecule has 1 heterocycles. The summed E-state index contributed by atoms with van der Waals surface area (Å²) in [5.41, 5.74) is 3.27. The van der Waals surface area contributed by atoms with E-state index in [2.05, 4.69) is 23.3 Å². The molecule has 0 bridgehead atoms. The second kappa shape index (κ2) is 7.76. The number of hydrogen-bond donors (Lipinski definition) is 1. The number of benzene rings is 1. The molecule has 4 heteroatoms. The van der Waals surface area contributed by atoms with E-state index >= 15 is 0 Å². The molecule has 0 radical (unpaired) electrons. The molecule has 0 atom stereocenters. The molecule has 1 aromatic carbocycles. The van der Waals surface area contributed by atoms with Gasteiger partial charge < -0.3 is 14.8 Å². The van der Waals surface area contributed by atoms with Crippen molar-refractivity contribution in [3.63, 3.8) is 0 Å². The Morgan fingerprint density at radius 2 is 2.05 bits per heavy atom. The van der Waals surface area contributed by atoms with Crippen LogP contribution in [0.25, 0.3) is 0 Å². The molecule has 0 aliphatic rings. The van der Waals surface area contributed by atoms with Crippen LogP contribution < -0.4 is 10.1 Å². The molecule has 0 unspecified atom stereocenters. The number of ether oxygens (including phenoxy) is 2. The van der Waals surface area contributed by atoms with Crippen molar-refractivity contribution in [2.24, 2.45) is 0 Å². The van der Waals surface area contributed by atoms with E-state index in [1.807, 2.05) is 37.4 Å². The summed E-state index contributed by atoms with van der Waals surface area (Å²) in [6, 6.07) is 9.96. The number of rotatable bonds is 7. The molecule has 4 nitrogen and oxygen atoms in total. The molecule has 0 saturated heterocycles. The van der Waals surface area contributed by atoms with E-state index in [1.165, 1.54) is 0 Å². The zero-order valence-electron chi connectivity index (χ0n) is 12.8. The zero-order valence-corrected chi connectivity index (χ0v) is 12.8. The number of nitrogens with one attached hydrogen (secondary N) is 1. The van der Waals surface area contributed by atoms with Crippen LogP contribution in [0.5, 0.6) is 11.6 Å². The standard InChI is InChI=1S/C17H22N2O2/c1-4-18-10-15-8-13(2)17(19-11-15)21-16-7-5-6-14(9-16)12-20-3/h5-9,11,18H,4,10,12H2,1-3H3. The molecule has 1 N–H and O–H groups in total. The molecule has 112 valence electrons. The van der Waals surface area contributed by atoms with Crippen molar-refractivity contribution >= 4 is 0 Å². The molecule has 0 amide bonds. The van der Waals surface area contributed by atoms with E-state index in [9.17, 15) is 0 Å².